The van der Waals surface area contributed by atoms with Crippen LogP contribution in [-0.2, 0) is 19.4 Å². The minimum atomic E-state index is -1.24. The molecule has 12 heteroatoms. The quantitative estimate of drug-likeness (QED) is 0.183. The van der Waals surface area contributed by atoms with E-state index in [-0.39, 0.29) is 17.5 Å². The Morgan fingerprint density at radius 2 is 1.64 bits per heavy atom. The summed E-state index contributed by atoms with van der Waals surface area (Å²) in [7, 11) is 1.68. The van der Waals surface area contributed by atoms with Crippen LogP contribution in [0.2, 0.25) is 5.15 Å². The van der Waals surface area contributed by atoms with Gasteiger partial charge in [0, 0.05) is 31.5 Å². The number of carbonyl (C=O) groups excluding carboxylic acids is 1. The Hall–Kier alpha value is -3.93. The fourth-order valence-corrected chi connectivity index (χ4v) is 6.36. The molecule has 45 heavy (non-hydrogen) atoms. The van der Waals surface area contributed by atoms with E-state index in [1.807, 2.05) is 24.3 Å². The number of piperidine rings is 1. The van der Waals surface area contributed by atoms with Crippen molar-refractivity contribution in [2.75, 3.05) is 51.3 Å². The highest BCUT2D eigenvalue weighted by atomic mass is 35.5. The molecule has 0 spiro atoms. The summed E-state index contributed by atoms with van der Waals surface area (Å²) in [6.45, 7) is 6.43. The average molecular weight is 639 g/mol. The fourth-order valence-electron chi connectivity index (χ4n) is 6.22. The van der Waals surface area contributed by atoms with Crippen molar-refractivity contribution in [1.29, 1.82) is 0 Å². The van der Waals surface area contributed by atoms with Gasteiger partial charge in [-0.2, -0.15) is 0 Å². The van der Waals surface area contributed by atoms with E-state index in [1.165, 1.54) is 5.56 Å². The van der Waals surface area contributed by atoms with Gasteiger partial charge in [0.2, 0.25) is 0 Å². The van der Waals surface area contributed by atoms with Crippen LogP contribution >= 0.6 is 11.6 Å². The predicted octanol–water partition coefficient (Wildman–Crippen LogP) is 4.78. The van der Waals surface area contributed by atoms with Gasteiger partial charge >= 0.3 is 6.09 Å². The number of nitrogens with two attached hydrogens (primary N) is 2. The summed E-state index contributed by atoms with van der Waals surface area (Å²) in [5, 5.41) is 13.1. The van der Waals surface area contributed by atoms with Gasteiger partial charge < -0.3 is 31.1 Å². The number of nitrogens with zero attached hydrogens (tertiary/aromatic N) is 4. The summed E-state index contributed by atoms with van der Waals surface area (Å²) in [5.41, 5.74) is 15.2. The molecule has 1 aliphatic rings. The number of aromatic nitrogens is 2. The molecule has 0 bridgehead atoms. The number of benzene rings is 2. The first kappa shape index (κ1) is 34.0. The molecule has 6 N–H and O–H groups in total. The number of halogens is 1. The molecule has 2 aromatic carbocycles. The van der Waals surface area contributed by atoms with Crippen LogP contribution in [0, 0.1) is 0 Å². The van der Waals surface area contributed by atoms with Crippen molar-refractivity contribution in [1.82, 2.24) is 20.2 Å². The summed E-state index contributed by atoms with van der Waals surface area (Å²) >= 11 is 6.11. The lowest BCUT2D eigenvalue weighted by atomic mass is 9.99. The van der Waals surface area contributed by atoms with E-state index >= 15 is 0 Å². The van der Waals surface area contributed by atoms with E-state index in [1.54, 1.807) is 26.2 Å². The maximum atomic E-state index is 12.6. The molecule has 0 aliphatic carbocycles. The third-order valence-corrected chi connectivity index (χ3v) is 8.96. The number of amides is 2. The summed E-state index contributed by atoms with van der Waals surface area (Å²) < 4.78 is 6.33. The monoisotopic (exact) mass is 638 g/mol. The number of carbonyl (C=O) groups is 2. The minimum absolute atomic E-state index is 0.110. The molecule has 2 amide bonds. The van der Waals surface area contributed by atoms with Crippen LogP contribution in [-0.4, -0.2) is 82.3 Å². The standard InChI is InChI=1S/C33H44ClN7O4/c1-3-40(33(43)44)32(42)25-14-10-23(11-15-25)7-4-18-41(19-5-8-24-12-16-27(45-2)17-13-24)20-6-9-26(22-41)37-21-28-30(35)39-31(36)29(34)38-28/h10-17,26,37H,3-9,18-22H2,1-2H3,(H4-,35,36,39,43,44)/p+1. The molecule has 1 fully saturated rings. The molecule has 0 radical (unpaired) electrons. The summed E-state index contributed by atoms with van der Waals surface area (Å²) in [6.07, 6.45) is 4.86. The number of hydrogen-bond acceptors (Lipinski definition) is 8. The van der Waals surface area contributed by atoms with Crippen molar-refractivity contribution in [3.63, 3.8) is 0 Å². The van der Waals surface area contributed by atoms with Crippen LogP contribution in [0.4, 0.5) is 16.4 Å². The van der Waals surface area contributed by atoms with Crippen molar-refractivity contribution in [3.8, 4) is 5.75 Å². The highest BCUT2D eigenvalue weighted by Gasteiger charge is 2.34. The second-order valence-electron chi connectivity index (χ2n) is 11.7. The third kappa shape index (κ3) is 9.29. The fraction of sp³-hybridized carbons (Fsp3) is 0.455. The topological polar surface area (TPSA) is 157 Å². The number of nitrogens with one attached hydrogen (secondary N) is 1. The van der Waals surface area contributed by atoms with Crippen LogP contribution in [0.1, 0.15) is 59.8 Å². The lowest BCUT2D eigenvalue weighted by molar-refractivity contribution is -0.933. The van der Waals surface area contributed by atoms with E-state index in [9.17, 15) is 14.7 Å². The molecule has 0 saturated carbocycles. The van der Waals surface area contributed by atoms with Crippen molar-refractivity contribution in [2.45, 2.75) is 58.0 Å². The molecule has 1 aromatic heterocycles. The number of likely N-dealkylation sites (tertiary alicyclic amines) is 1. The third-order valence-electron chi connectivity index (χ3n) is 8.68. The Morgan fingerprint density at radius 1 is 1.02 bits per heavy atom. The highest BCUT2D eigenvalue weighted by molar-refractivity contribution is 6.31. The van der Waals surface area contributed by atoms with Crippen molar-refractivity contribution in [3.05, 3.63) is 76.1 Å². The zero-order chi connectivity index (χ0) is 32.4. The predicted molar refractivity (Wildman–Crippen MR) is 176 cm³/mol. The average Bonchev–Trinajstić information content (AvgIpc) is 3.03. The number of ether oxygens (including phenoxy) is 1. The summed E-state index contributed by atoms with van der Waals surface area (Å²) in [6, 6.07) is 15.9. The van der Waals surface area contributed by atoms with E-state index in [2.05, 4.69) is 27.4 Å². The SMILES string of the molecule is CCN(C(=O)O)C(=O)c1ccc(CCC[N+]2(CCCc3ccc(OC)cc3)CCCC(NCc3nc(Cl)c(N)nc3N)C2)cc1. The molecule has 2 atom stereocenters. The van der Waals surface area contributed by atoms with Crippen LogP contribution in [0.5, 0.6) is 5.75 Å². The van der Waals surface area contributed by atoms with Gasteiger partial charge in [-0.25, -0.2) is 19.7 Å². The number of imide groups is 1. The largest absolute Gasteiger partial charge is 0.497 e. The second-order valence-corrected chi connectivity index (χ2v) is 12.1. The van der Waals surface area contributed by atoms with Gasteiger partial charge in [-0.3, -0.25) is 4.79 Å². The first-order valence-electron chi connectivity index (χ1n) is 15.6. The summed E-state index contributed by atoms with van der Waals surface area (Å²) in [4.78, 5) is 33.2. The molecular weight excluding hydrogens is 594 g/mol. The number of nitrogen functional groups attached to an aromatic ring is 2. The van der Waals surface area contributed by atoms with Gasteiger partial charge in [0.05, 0.1) is 45.0 Å². The Balaban J connectivity index is 1.40. The van der Waals surface area contributed by atoms with E-state index in [0.717, 1.165) is 85.4 Å². The van der Waals surface area contributed by atoms with Crippen LogP contribution in [0.15, 0.2) is 48.5 Å². The lowest BCUT2D eigenvalue weighted by Crippen LogP contribution is -2.59. The van der Waals surface area contributed by atoms with Gasteiger partial charge in [-0.15, -0.1) is 0 Å². The molecule has 2 heterocycles. The van der Waals surface area contributed by atoms with E-state index in [0.29, 0.717) is 29.7 Å². The number of methoxy groups -OCH3 is 1. The van der Waals surface area contributed by atoms with Crippen molar-refractivity contribution < 1.29 is 23.9 Å². The van der Waals surface area contributed by atoms with Crippen molar-refractivity contribution >= 4 is 35.2 Å². The first-order valence-corrected chi connectivity index (χ1v) is 15.9. The number of carboxylic acid groups (broad SMARTS) is 1. The lowest BCUT2D eigenvalue weighted by Gasteiger charge is -2.45. The van der Waals surface area contributed by atoms with Crippen molar-refractivity contribution in [2.24, 2.45) is 0 Å². The second kappa shape index (κ2) is 15.9. The minimum Gasteiger partial charge on any atom is -0.497 e. The molecule has 1 saturated heterocycles. The number of aryl methyl sites for hydroxylation is 2. The molecule has 2 unspecified atom stereocenters. The van der Waals surface area contributed by atoms with Crippen LogP contribution in [0.25, 0.3) is 0 Å². The Morgan fingerprint density at radius 3 is 2.22 bits per heavy atom. The Bertz CT molecular complexity index is 1440. The number of quaternary nitrogens is 1. The number of hydrogen-bond donors (Lipinski definition) is 4. The molecule has 1 aliphatic heterocycles. The highest BCUT2D eigenvalue weighted by Crippen LogP contribution is 2.24. The Kier molecular flexibility index (Phi) is 12.0. The molecule has 3 aromatic rings. The summed E-state index contributed by atoms with van der Waals surface area (Å²) in [5.74, 6) is 0.784. The maximum absolute atomic E-state index is 12.6. The van der Waals surface area contributed by atoms with E-state index in [4.69, 9.17) is 27.8 Å². The van der Waals surface area contributed by atoms with Gasteiger partial charge in [0.15, 0.2) is 11.0 Å². The molecular formula is C33H45ClN7O4+. The zero-order valence-corrected chi connectivity index (χ0v) is 26.9. The van der Waals surface area contributed by atoms with Gasteiger partial charge in [0.25, 0.3) is 5.91 Å². The molecule has 11 nitrogen and oxygen atoms in total. The van der Waals surface area contributed by atoms with Gasteiger partial charge in [0.1, 0.15) is 11.6 Å². The molecule has 4 rings (SSSR count). The zero-order valence-electron chi connectivity index (χ0n) is 26.2. The Labute approximate surface area is 270 Å². The first-order chi connectivity index (χ1) is 21.6. The van der Waals surface area contributed by atoms with Crippen LogP contribution < -0.4 is 21.5 Å². The van der Waals surface area contributed by atoms with Gasteiger partial charge in [-0.05, 0) is 68.0 Å². The van der Waals surface area contributed by atoms with Gasteiger partial charge in [-0.1, -0.05) is 35.9 Å². The normalized spacial score (nSPS) is 18.0. The molecule has 242 valence electrons. The number of rotatable bonds is 14. The van der Waals surface area contributed by atoms with E-state index < -0.39 is 12.0 Å². The maximum Gasteiger partial charge on any atom is 0.414 e. The number of anilines is 2. The smallest absolute Gasteiger partial charge is 0.414 e. The van der Waals surface area contributed by atoms with Crippen LogP contribution in [0.3, 0.4) is 0 Å².